The molecule has 0 saturated carbocycles. The third-order valence-electron chi connectivity index (χ3n) is 6.02. The summed E-state index contributed by atoms with van der Waals surface area (Å²) in [6.45, 7) is 9.68. The van der Waals surface area contributed by atoms with Crippen LogP contribution in [-0.4, -0.2) is 55.1 Å². The number of hydrogen-bond acceptors (Lipinski definition) is 8. The summed E-state index contributed by atoms with van der Waals surface area (Å²) in [5.74, 6) is 3.20. The minimum atomic E-state index is 0.457. The Labute approximate surface area is 205 Å². The van der Waals surface area contributed by atoms with Crippen molar-refractivity contribution in [3.05, 3.63) is 40.2 Å². The van der Waals surface area contributed by atoms with Crippen molar-refractivity contribution in [2.24, 2.45) is 5.92 Å². The number of aryl methyl sites for hydroxylation is 2. The molecular formula is C25H32ClN5O3. The quantitative estimate of drug-likeness (QED) is 0.395. The number of hydrogen-bond donors (Lipinski definition) is 2. The SMILES string of the molecule is CNCCCOc1ccc(Cl)c(-c2nc(NCC3CCOC3)c(C)c(-c3c(C)noc3C)n2)c1. The molecule has 34 heavy (non-hydrogen) atoms. The molecule has 0 amide bonds. The molecule has 1 unspecified atom stereocenters. The second kappa shape index (κ2) is 11.2. The molecule has 4 rings (SSSR count). The van der Waals surface area contributed by atoms with Gasteiger partial charge in [-0.15, -0.1) is 0 Å². The lowest BCUT2D eigenvalue weighted by molar-refractivity contribution is 0.187. The molecule has 1 aliphatic heterocycles. The smallest absolute Gasteiger partial charge is 0.163 e. The topological polar surface area (TPSA) is 94.3 Å². The lowest BCUT2D eigenvalue weighted by Crippen LogP contribution is -2.16. The maximum Gasteiger partial charge on any atom is 0.163 e. The molecule has 3 aromatic rings. The van der Waals surface area contributed by atoms with Gasteiger partial charge in [0.05, 0.1) is 35.2 Å². The molecule has 0 spiro atoms. The normalized spacial score (nSPS) is 15.6. The highest BCUT2D eigenvalue weighted by Crippen LogP contribution is 2.36. The molecule has 8 nitrogen and oxygen atoms in total. The van der Waals surface area contributed by atoms with E-state index < -0.39 is 0 Å². The van der Waals surface area contributed by atoms with Gasteiger partial charge in [0.25, 0.3) is 0 Å². The Balaban J connectivity index is 1.73. The molecule has 1 atom stereocenters. The highest BCUT2D eigenvalue weighted by atomic mass is 35.5. The molecule has 2 N–H and O–H groups in total. The molecule has 1 aromatic carbocycles. The van der Waals surface area contributed by atoms with E-state index in [1.165, 1.54) is 0 Å². The van der Waals surface area contributed by atoms with E-state index in [0.717, 1.165) is 73.2 Å². The molecule has 0 aliphatic carbocycles. The largest absolute Gasteiger partial charge is 0.494 e. The van der Waals surface area contributed by atoms with Crippen LogP contribution in [0.15, 0.2) is 22.7 Å². The van der Waals surface area contributed by atoms with Crippen molar-refractivity contribution in [3.8, 4) is 28.4 Å². The Morgan fingerprint density at radius 3 is 2.76 bits per heavy atom. The summed E-state index contributed by atoms with van der Waals surface area (Å²) in [6, 6.07) is 5.60. The highest BCUT2D eigenvalue weighted by molar-refractivity contribution is 6.33. The fraction of sp³-hybridized carbons (Fsp3) is 0.480. The van der Waals surface area contributed by atoms with E-state index in [4.69, 9.17) is 35.6 Å². The lowest BCUT2D eigenvalue weighted by Gasteiger charge is -2.17. The molecule has 1 saturated heterocycles. The van der Waals surface area contributed by atoms with Gasteiger partial charge in [0.15, 0.2) is 5.82 Å². The van der Waals surface area contributed by atoms with Crippen LogP contribution in [-0.2, 0) is 4.74 Å². The predicted octanol–water partition coefficient (Wildman–Crippen LogP) is 4.81. The molecule has 9 heteroatoms. The van der Waals surface area contributed by atoms with E-state index in [1.807, 2.05) is 46.0 Å². The summed E-state index contributed by atoms with van der Waals surface area (Å²) in [5, 5.41) is 11.3. The number of anilines is 1. The van der Waals surface area contributed by atoms with Crippen LogP contribution in [0.3, 0.4) is 0 Å². The molecule has 0 radical (unpaired) electrons. The van der Waals surface area contributed by atoms with Crippen LogP contribution in [0, 0.1) is 26.7 Å². The van der Waals surface area contributed by atoms with Crippen molar-refractivity contribution in [2.45, 2.75) is 33.6 Å². The van der Waals surface area contributed by atoms with Crippen LogP contribution in [0.1, 0.15) is 29.9 Å². The number of ether oxygens (including phenoxy) is 2. The van der Waals surface area contributed by atoms with Gasteiger partial charge in [0.1, 0.15) is 17.3 Å². The van der Waals surface area contributed by atoms with Crippen LogP contribution in [0.2, 0.25) is 5.02 Å². The van der Waals surface area contributed by atoms with Gasteiger partial charge in [-0.3, -0.25) is 0 Å². The van der Waals surface area contributed by atoms with E-state index in [9.17, 15) is 0 Å². The van der Waals surface area contributed by atoms with Gasteiger partial charge in [0, 0.05) is 30.2 Å². The van der Waals surface area contributed by atoms with Gasteiger partial charge in [-0.2, -0.15) is 0 Å². The van der Waals surface area contributed by atoms with E-state index in [1.54, 1.807) is 0 Å². The molecule has 1 aliphatic rings. The number of nitrogens with zero attached hydrogens (tertiary/aromatic N) is 3. The average Bonchev–Trinajstić information content (AvgIpc) is 3.47. The molecule has 182 valence electrons. The van der Waals surface area contributed by atoms with Gasteiger partial charge in [-0.1, -0.05) is 16.8 Å². The molecule has 3 heterocycles. The monoisotopic (exact) mass is 485 g/mol. The first-order valence-corrected chi connectivity index (χ1v) is 12.1. The number of halogens is 1. The first kappa shape index (κ1) is 24.4. The summed E-state index contributed by atoms with van der Waals surface area (Å²) < 4.78 is 16.9. The second-order valence-corrected chi connectivity index (χ2v) is 9.03. The minimum absolute atomic E-state index is 0.457. The summed E-state index contributed by atoms with van der Waals surface area (Å²) in [5.41, 5.74) is 4.10. The van der Waals surface area contributed by atoms with E-state index in [0.29, 0.717) is 34.7 Å². The van der Waals surface area contributed by atoms with Crippen molar-refractivity contribution >= 4 is 17.4 Å². The van der Waals surface area contributed by atoms with Gasteiger partial charge >= 0.3 is 0 Å². The van der Waals surface area contributed by atoms with Crippen molar-refractivity contribution in [2.75, 3.05) is 45.3 Å². The summed E-state index contributed by atoms with van der Waals surface area (Å²) in [7, 11) is 1.93. The van der Waals surface area contributed by atoms with Crippen LogP contribution in [0.4, 0.5) is 5.82 Å². The Kier molecular flexibility index (Phi) is 8.03. The Bertz CT molecular complexity index is 1110. The van der Waals surface area contributed by atoms with E-state index in [2.05, 4.69) is 15.8 Å². The second-order valence-electron chi connectivity index (χ2n) is 8.63. The average molecular weight is 486 g/mol. The zero-order valence-corrected chi connectivity index (χ0v) is 21.0. The fourth-order valence-corrected chi connectivity index (χ4v) is 4.27. The van der Waals surface area contributed by atoms with Crippen LogP contribution < -0.4 is 15.4 Å². The fourth-order valence-electron chi connectivity index (χ4n) is 4.06. The number of aromatic nitrogens is 3. The van der Waals surface area contributed by atoms with Crippen molar-refractivity contribution < 1.29 is 14.0 Å². The zero-order valence-electron chi connectivity index (χ0n) is 20.2. The first-order chi connectivity index (χ1) is 16.5. The van der Waals surface area contributed by atoms with Gasteiger partial charge < -0.3 is 24.6 Å². The van der Waals surface area contributed by atoms with Gasteiger partial charge in [-0.25, -0.2) is 9.97 Å². The van der Waals surface area contributed by atoms with Crippen molar-refractivity contribution in [1.29, 1.82) is 0 Å². The van der Waals surface area contributed by atoms with Gasteiger partial charge in [-0.05, 0) is 65.4 Å². The molecule has 0 bridgehead atoms. The van der Waals surface area contributed by atoms with E-state index >= 15 is 0 Å². The number of rotatable bonds is 10. The van der Waals surface area contributed by atoms with Crippen molar-refractivity contribution in [3.63, 3.8) is 0 Å². The van der Waals surface area contributed by atoms with Gasteiger partial charge in [0.2, 0.25) is 0 Å². The Morgan fingerprint density at radius 1 is 1.21 bits per heavy atom. The number of benzene rings is 1. The lowest BCUT2D eigenvalue weighted by atomic mass is 10.0. The first-order valence-electron chi connectivity index (χ1n) is 11.7. The Morgan fingerprint density at radius 2 is 2.06 bits per heavy atom. The van der Waals surface area contributed by atoms with Crippen LogP contribution in [0.25, 0.3) is 22.6 Å². The minimum Gasteiger partial charge on any atom is -0.494 e. The highest BCUT2D eigenvalue weighted by Gasteiger charge is 2.22. The molecule has 2 aromatic heterocycles. The molecular weight excluding hydrogens is 454 g/mol. The summed E-state index contributed by atoms with van der Waals surface area (Å²) in [6.07, 6.45) is 1.95. The standard InChI is InChI=1S/C25H32ClN5O3/c1-15-23(22-16(2)31-34-17(22)3)29-25(30-24(15)28-13-18-8-11-32-14-18)20-12-19(6-7-21(20)26)33-10-5-9-27-4/h6-7,12,18,27H,5,8-11,13-14H2,1-4H3,(H,28,29,30). The third kappa shape index (κ3) is 5.51. The van der Waals surface area contributed by atoms with Crippen LogP contribution in [0.5, 0.6) is 5.75 Å². The number of nitrogens with one attached hydrogen (secondary N) is 2. The van der Waals surface area contributed by atoms with E-state index in [-0.39, 0.29) is 0 Å². The predicted molar refractivity (Wildman–Crippen MR) is 134 cm³/mol. The summed E-state index contributed by atoms with van der Waals surface area (Å²) in [4.78, 5) is 9.81. The maximum absolute atomic E-state index is 6.61. The third-order valence-corrected chi connectivity index (χ3v) is 6.35. The molecule has 1 fully saturated rings. The maximum atomic E-state index is 6.61. The van der Waals surface area contributed by atoms with Crippen LogP contribution >= 0.6 is 11.6 Å². The van der Waals surface area contributed by atoms with Crippen molar-refractivity contribution in [1.82, 2.24) is 20.4 Å². The Hall–Kier alpha value is -2.68. The zero-order chi connectivity index (χ0) is 24.1. The summed E-state index contributed by atoms with van der Waals surface area (Å²) >= 11 is 6.61.